The molecule has 156 valence electrons. The van der Waals surface area contributed by atoms with Crippen LogP contribution in [0.1, 0.15) is 31.0 Å². The van der Waals surface area contributed by atoms with Crippen molar-refractivity contribution in [2.45, 2.75) is 40.3 Å². The Balaban J connectivity index is 1.66. The second-order valence-electron chi connectivity index (χ2n) is 7.72. The molecule has 0 aliphatic carbocycles. The molecule has 0 saturated heterocycles. The molecule has 3 aromatic rings. The molecule has 30 heavy (non-hydrogen) atoms. The summed E-state index contributed by atoms with van der Waals surface area (Å²) < 4.78 is 7.71. The molecule has 1 aliphatic heterocycles. The van der Waals surface area contributed by atoms with Gasteiger partial charge in [-0.15, -0.1) is 0 Å². The van der Waals surface area contributed by atoms with Crippen LogP contribution in [0.15, 0.2) is 59.4 Å². The van der Waals surface area contributed by atoms with Crippen LogP contribution in [-0.4, -0.2) is 27.7 Å². The van der Waals surface area contributed by atoms with Crippen molar-refractivity contribution >= 4 is 11.6 Å². The first-order chi connectivity index (χ1) is 14.6. The Morgan fingerprint density at radius 1 is 0.967 bits per heavy atom. The van der Waals surface area contributed by atoms with E-state index in [1.54, 1.807) is 4.57 Å². The SMILES string of the molecule is CCCCN1CN(c2ccc(Oc3ccccc3)cc2)c2nc(C)c(C)c(=O)n2C1. The normalized spacial score (nSPS) is 13.9. The van der Waals surface area contributed by atoms with Crippen LogP contribution in [0.5, 0.6) is 11.5 Å². The highest BCUT2D eigenvalue weighted by Gasteiger charge is 2.26. The molecule has 2 heterocycles. The Labute approximate surface area is 177 Å². The summed E-state index contributed by atoms with van der Waals surface area (Å²) in [5.74, 6) is 2.28. The molecule has 0 radical (unpaired) electrons. The van der Waals surface area contributed by atoms with E-state index in [0.717, 1.165) is 42.3 Å². The van der Waals surface area contributed by atoms with Crippen molar-refractivity contribution in [1.29, 1.82) is 0 Å². The summed E-state index contributed by atoms with van der Waals surface area (Å²) in [4.78, 5) is 22.1. The van der Waals surface area contributed by atoms with Crippen molar-refractivity contribution in [2.75, 3.05) is 18.1 Å². The lowest BCUT2D eigenvalue weighted by Gasteiger charge is -2.38. The molecule has 6 nitrogen and oxygen atoms in total. The lowest BCUT2D eigenvalue weighted by molar-refractivity contribution is 0.195. The quantitative estimate of drug-likeness (QED) is 0.589. The van der Waals surface area contributed by atoms with E-state index in [1.165, 1.54) is 0 Å². The van der Waals surface area contributed by atoms with Gasteiger partial charge in [0.2, 0.25) is 5.95 Å². The van der Waals surface area contributed by atoms with Crippen molar-refractivity contribution in [2.24, 2.45) is 0 Å². The van der Waals surface area contributed by atoms with Gasteiger partial charge in [-0.1, -0.05) is 31.5 Å². The molecule has 0 atom stereocenters. The molecule has 2 aromatic carbocycles. The van der Waals surface area contributed by atoms with Gasteiger partial charge < -0.3 is 4.74 Å². The molecule has 0 amide bonds. The summed E-state index contributed by atoms with van der Waals surface area (Å²) in [6.07, 6.45) is 2.22. The maximum absolute atomic E-state index is 12.9. The second kappa shape index (κ2) is 8.71. The van der Waals surface area contributed by atoms with Gasteiger partial charge in [0.15, 0.2) is 0 Å². The summed E-state index contributed by atoms with van der Waals surface area (Å²) in [6.45, 7) is 8.16. The van der Waals surface area contributed by atoms with E-state index in [4.69, 9.17) is 9.72 Å². The monoisotopic (exact) mass is 404 g/mol. The first-order valence-corrected chi connectivity index (χ1v) is 10.5. The van der Waals surface area contributed by atoms with E-state index < -0.39 is 0 Å². The third kappa shape index (κ3) is 4.09. The van der Waals surface area contributed by atoms with Gasteiger partial charge in [-0.2, -0.15) is 0 Å². The predicted molar refractivity (Wildman–Crippen MR) is 120 cm³/mol. The highest BCUT2D eigenvalue weighted by molar-refractivity contribution is 5.59. The standard InChI is InChI=1S/C24H28N4O2/c1-4-5-15-26-16-27(24-25-19(3)18(2)23(29)28(24)17-26)20-11-13-22(14-12-20)30-21-9-7-6-8-10-21/h6-14H,4-5,15-17H2,1-3H3. The third-order valence-corrected chi connectivity index (χ3v) is 5.50. The average Bonchev–Trinajstić information content (AvgIpc) is 2.77. The molecular formula is C24H28N4O2. The molecule has 4 rings (SSSR count). The minimum absolute atomic E-state index is 0.0349. The van der Waals surface area contributed by atoms with E-state index in [-0.39, 0.29) is 5.56 Å². The number of benzene rings is 2. The molecule has 0 unspecified atom stereocenters. The number of fused-ring (bicyclic) bond motifs is 1. The Kier molecular flexibility index (Phi) is 5.86. The van der Waals surface area contributed by atoms with Gasteiger partial charge in [-0.25, -0.2) is 4.98 Å². The van der Waals surface area contributed by atoms with Gasteiger partial charge in [-0.05, 0) is 56.7 Å². The van der Waals surface area contributed by atoms with E-state index in [2.05, 4.69) is 16.7 Å². The topological polar surface area (TPSA) is 50.6 Å². The van der Waals surface area contributed by atoms with E-state index in [9.17, 15) is 4.79 Å². The van der Waals surface area contributed by atoms with Crippen molar-refractivity contribution < 1.29 is 4.74 Å². The molecule has 0 N–H and O–H groups in total. The molecular weight excluding hydrogens is 376 g/mol. The van der Waals surface area contributed by atoms with Crippen molar-refractivity contribution in [3.05, 3.63) is 76.2 Å². The molecule has 1 aromatic heterocycles. The van der Waals surface area contributed by atoms with Crippen LogP contribution >= 0.6 is 0 Å². The predicted octanol–water partition coefficient (Wildman–Crippen LogP) is 4.82. The smallest absolute Gasteiger partial charge is 0.259 e. The molecule has 0 spiro atoms. The number of hydrogen-bond donors (Lipinski definition) is 0. The number of ether oxygens (including phenoxy) is 1. The third-order valence-electron chi connectivity index (χ3n) is 5.50. The number of nitrogens with zero attached hydrogens (tertiary/aromatic N) is 4. The maximum Gasteiger partial charge on any atom is 0.259 e. The number of anilines is 2. The summed E-state index contributed by atoms with van der Waals surface area (Å²) in [5, 5.41) is 0. The Hall–Kier alpha value is -3.12. The van der Waals surface area contributed by atoms with E-state index in [1.807, 2.05) is 68.4 Å². The van der Waals surface area contributed by atoms with Crippen LogP contribution in [0.25, 0.3) is 0 Å². The van der Waals surface area contributed by atoms with Gasteiger partial charge in [0.1, 0.15) is 11.5 Å². The Morgan fingerprint density at radius 3 is 2.37 bits per heavy atom. The Morgan fingerprint density at radius 2 is 1.67 bits per heavy atom. The second-order valence-corrected chi connectivity index (χ2v) is 7.72. The van der Waals surface area contributed by atoms with Crippen molar-refractivity contribution in [3.8, 4) is 11.5 Å². The van der Waals surface area contributed by atoms with Gasteiger partial charge in [0.05, 0.1) is 13.3 Å². The van der Waals surface area contributed by atoms with Crippen LogP contribution in [0.3, 0.4) is 0 Å². The first-order valence-electron chi connectivity index (χ1n) is 10.5. The number of unbranched alkanes of at least 4 members (excludes halogenated alkanes) is 1. The number of rotatable bonds is 6. The summed E-state index contributed by atoms with van der Waals surface area (Å²) in [7, 11) is 0. The number of aromatic nitrogens is 2. The van der Waals surface area contributed by atoms with Gasteiger partial charge in [0.25, 0.3) is 5.56 Å². The maximum atomic E-state index is 12.9. The lowest BCUT2D eigenvalue weighted by Crippen LogP contribution is -2.48. The number of aryl methyl sites for hydroxylation is 1. The summed E-state index contributed by atoms with van der Waals surface area (Å²) in [6, 6.07) is 17.7. The minimum atomic E-state index is 0.0349. The Bertz CT molecular complexity index is 1060. The average molecular weight is 405 g/mol. The number of para-hydroxylation sites is 1. The van der Waals surface area contributed by atoms with Gasteiger partial charge in [0, 0.05) is 23.5 Å². The van der Waals surface area contributed by atoms with Crippen molar-refractivity contribution in [3.63, 3.8) is 0 Å². The highest BCUT2D eigenvalue weighted by atomic mass is 16.5. The summed E-state index contributed by atoms with van der Waals surface area (Å²) >= 11 is 0. The zero-order valence-electron chi connectivity index (χ0n) is 17.8. The van der Waals surface area contributed by atoms with Crippen LogP contribution in [0, 0.1) is 13.8 Å². The fraction of sp³-hybridized carbons (Fsp3) is 0.333. The number of hydrogen-bond acceptors (Lipinski definition) is 5. The van der Waals surface area contributed by atoms with Gasteiger partial charge in [-0.3, -0.25) is 19.2 Å². The van der Waals surface area contributed by atoms with Crippen LogP contribution in [0.4, 0.5) is 11.6 Å². The molecule has 1 aliphatic rings. The molecule has 0 fully saturated rings. The van der Waals surface area contributed by atoms with Crippen LogP contribution < -0.4 is 15.2 Å². The zero-order valence-corrected chi connectivity index (χ0v) is 17.8. The first kappa shape index (κ1) is 20.2. The fourth-order valence-electron chi connectivity index (χ4n) is 3.62. The summed E-state index contributed by atoms with van der Waals surface area (Å²) in [5.41, 5.74) is 2.51. The highest BCUT2D eigenvalue weighted by Crippen LogP contribution is 2.30. The lowest BCUT2D eigenvalue weighted by atomic mass is 10.2. The van der Waals surface area contributed by atoms with E-state index in [0.29, 0.717) is 24.8 Å². The largest absolute Gasteiger partial charge is 0.457 e. The minimum Gasteiger partial charge on any atom is -0.457 e. The van der Waals surface area contributed by atoms with Crippen molar-refractivity contribution in [1.82, 2.24) is 14.5 Å². The van der Waals surface area contributed by atoms with Crippen LogP contribution in [-0.2, 0) is 6.67 Å². The van der Waals surface area contributed by atoms with E-state index >= 15 is 0 Å². The van der Waals surface area contributed by atoms with Crippen LogP contribution in [0.2, 0.25) is 0 Å². The zero-order chi connectivity index (χ0) is 21.1. The molecule has 6 heteroatoms. The molecule has 0 saturated carbocycles. The van der Waals surface area contributed by atoms with Gasteiger partial charge >= 0.3 is 0 Å². The molecule has 0 bridgehead atoms. The fourth-order valence-corrected chi connectivity index (χ4v) is 3.62.